The van der Waals surface area contributed by atoms with Gasteiger partial charge in [0.05, 0.1) is 7.11 Å². The highest BCUT2D eigenvalue weighted by Gasteiger charge is 2.23. The van der Waals surface area contributed by atoms with Crippen molar-refractivity contribution in [2.75, 3.05) is 12.8 Å². The van der Waals surface area contributed by atoms with Crippen molar-refractivity contribution < 1.29 is 18.3 Å². The minimum absolute atomic E-state index is 0.312. The summed E-state index contributed by atoms with van der Waals surface area (Å²) in [5.74, 6) is -0.534. The fourth-order valence-electron chi connectivity index (χ4n) is 2.38. The van der Waals surface area contributed by atoms with Crippen LogP contribution >= 0.6 is 0 Å². The number of carbonyl (C=O) groups excluding carboxylic acids is 1. The van der Waals surface area contributed by atoms with E-state index in [0.29, 0.717) is 33.5 Å². The van der Waals surface area contributed by atoms with E-state index < -0.39 is 5.97 Å². The Labute approximate surface area is 126 Å². The maximum absolute atomic E-state index is 13.1. The topological polar surface area (TPSA) is 65.5 Å². The van der Waals surface area contributed by atoms with Crippen molar-refractivity contribution in [3.05, 3.63) is 53.3 Å². The monoisotopic (exact) mass is 299 g/mol. The molecule has 2 N–H and O–H groups in total. The van der Waals surface area contributed by atoms with Crippen molar-refractivity contribution in [1.29, 1.82) is 0 Å². The molecule has 112 valence electrons. The summed E-state index contributed by atoms with van der Waals surface area (Å²) in [6, 6.07) is 9.18. The average molecular weight is 299 g/mol. The lowest BCUT2D eigenvalue weighted by Gasteiger charge is -2.02. The summed E-state index contributed by atoms with van der Waals surface area (Å²) in [5.41, 5.74) is 8.69. The van der Waals surface area contributed by atoms with Crippen LogP contribution in [0.15, 0.2) is 40.8 Å². The number of ether oxygens (including phenoxy) is 1. The van der Waals surface area contributed by atoms with E-state index in [9.17, 15) is 9.18 Å². The number of methoxy groups -OCH3 is 1. The van der Waals surface area contributed by atoms with Gasteiger partial charge in [-0.1, -0.05) is 0 Å². The number of furan rings is 1. The number of nitrogen functional groups attached to an aromatic ring is 1. The van der Waals surface area contributed by atoms with Gasteiger partial charge >= 0.3 is 5.97 Å². The van der Waals surface area contributed by atoms with Gasteiger partial charge in [-0.05, 0) is 42.8 Å². The molecule has 2 aromatic carbocycles. The highest BCUT2D eigenvalue weighted by Crippen LogP contribution is 2.36. The number of halogens is 1. The Bertz CT molecular complexity index is 866. The number of hydrogen-bond donors (Lipinski definition) is 1. The van der Waals surface area contributed by atoms with Crippen LogP contribution in [0.2, 0.25) is 0 Å². The summed E-state index contributed by atoms with van der Waals surface area (Å²) in [5, 5.41) is 0.623. The molecule has 0 radical (unpaired) electrons. The van der Waals surface area contributed by atoms with Crippen LogP contribution in [0.25, 0.3) is 22.3 Å². The minimum atomic E-state index is -0.512. The number of anilines is 1. The zero-order valence-corrected chi connectivity index (χ0v) is 12.1. The molecule has 4 nitrogen and oxygen atoms in total. The fraction of sp³-hybridized carbons (Fsp3) is 0.118. The highest BCUT2D eigenvalue weighted by molar-refractivity contribution is 6.09. The quantitative estimate of drug-likeness (QED) is 0.575. The first-order chi connectivity index (χ1) is 10.5. The summed E-state index contributed by atoms with van der Waals surface area (Å²) in [6.45, 7) is 1.85. The molecule has 0 aliphatic heterocycles. The van der Waals surface area contributed by atoms with Crippen LogP contribution in [-0.4, -0.2) is 13.1 Å². The van der Waals surface area contributed by atoms with E-state index >= 15 is 0 Å². The molecule has 0 atom stereocenters. The van der Waals surface area contributed by atoms with Crippen molar-refractivity contribution in [2.24, 2.45) is 0 Å². The maximum Gasteiger partial charge on any atom is 0.342 e. The second-order valence-electron chi connectivity index (χ2n) is 5.01. The van der Waals surface area contributed by atoms with Crippen molar-refractivity contribution in [1.82, 2.24) is 0 Å². The highest BCUT2D eigenvalue weighted by atomic mass is 19.1. The lowest BCUT2D eigenvalue weighted by Crippen LogP contribution is -2.02. The molecule has 5 heteroatoms. The van der Waals surface area contributed by atoms with Crippen LogP contribution in [-0.2, 0) is 4.74 Å². The lowest BCUT2D eigenvalue weighted by molar-refractivity contribution is 0.0603. The Morgan fingerprint density at radius 3 is 2.55 bits per heavy atom. The van der Waals surface area contributed by atoms with E-state index in [4.69, 9.17) is 14.9 Å². The number of rotatable bonds is 2. The molecule has 0 spiro atoms. The Morgan fingerprint density at radius 1 is 1.23 bits per heavy atom. The SMILES string of the molecule is COC(=O)c1c(-c2ccc(F)cc2)oc2cc(N)c(C)cc12. The van der Waals surface area contributed by atoms with Crippen LogP contribution in [0.1, 0.15) is 15.9 Å². The van der Waals surface area contributed by atoms with Crippen molar-refractivity contribution >= 4 is 22.6 Å². The van der Waals surface area contributed by atoms with Crippen LogP contribution < -0.4 is 5.73 Å². The van der Waals surface area contributed by atoms with E-state index in [1.54, 1.807) is 24.3 Å². The first-order valence-electron chi connectivity index (χ1n) is 6.68. The molecule has 0 saturated heterocycles. The van der Waals surface area contributed by atoms with Gasteiger partial charge < -0.3 is 14.9 Å². The van der Waals surface area contributed by atoms with Gasteiger partial charge in [0.2, 0.25) is 0 Å². The third kappa shape index (κ3) is 2.20. The first kappa shape index (κ1) is 14.1. The van der Waals surface area contributed by atoms with Gasteiger partial charge in [0.1, 0.15) is 22.7 Å². The molecule has 0 saturated carbocycles. The largest absolute Gasteiger partial charge is 0.465 e. The summed E-state index contributed by atoms with van der Waals surface area (Å²) in [7, 11) is 1.31. The van der Waals surface area contributed by atoms with Crippen LogP contribution in [0.3, 0.4) is 0 Å². The zero-order valence-electron chi connectivity index (χ0n) is 12.1. The number of aryl methyl sites for hydroxylation is 1. The first-order valence-corrected chi connectivity index (χ1v) is 6.68. The number of hydrogen-bond acceptors (Lipinski definition) is 4. The molecule has 22 heavy (non-hydrogen) atoms. The number of esters is 1. The molecular formula is C17H14FNO3. The average Bonchev–Trinajstić information content (AvgIpc) is 2.86. The van der Waals surface area contributed by atoms with Gasteiger partial charge in [-0.15, -0.1) is 0 Å². The molecule has 1 heterocycles. The third-order valence-electron chi connectivity index (χ3n) is 3.57. The Hall–Kier alpha value is -2.82. The van der Waals surface area contributed by atoms with Crippen LogP contribution in [0, 0.1) is 12.7 Å². The van der Waals surface area contributed by atoms with Crippen molar-refractivity contribution in [2.45, 2.75) is 6.92 Å². The molecule has 0 unspecified atom stereocenters. The van der Waals surface area contributed by atoms with E-state index in [1.807, 2.05) is 6.92 Å². The van der Waals surface area contributed by atoms with Gasteiger partial charge in [0, 0.05) is 22.7 Å². The molecule has 3 aromatic rings. The van der Waals surface area contributed by atoms with Crippen LogP contribution in [0.4, 0.5) is 10.1 Å². The van der Waals surface area contributed by atoms with E-state index in [1.165, 1.54) is 19.2 Å². The molecule has 1 aromatic heterocycles. The molecule has 0 aliphatic carbocycles. The molecule has 0 bridgehead atoms. The molecule has 3 rings (SSSR count). The Balaban J connectivity index is 2.33. The smallest absolute Gasteiger partial charge is 0.342 e. The van der Waals surface area contributed by atoms with Gasteiger partial charge in [-0.3, -0.25) is 0 Å². The molecule has 0 aliphatic rings. The summed E-state index contributed by atoms with van der Waals surface area (Å²) < 4.78 is 23.7. The lowest BCUT2D eigenvalue weighted by atomic mass is 10.0. The van der Waals surface area contributed by atoms with Crippen molar-refractivity contribution in [3.8, 4) is 11.3 Å². The summed E-state index contributed by atoms with van der Waals surface area (Å²) >= 11 is 0. The number of nitrogens with two attached hydrogens (primary N) is 1. The Kier molecular flexibility index (Phi) is 3.33. The van der Waals surface area contributed by atoms with Gasteiger partial charge in [0.25, 0.3) is 0 Å². The Morgan fingerprint density at radius 2 is 1.91 bits per heavy atom. The number of benzene rings is 2. The van der Waals surface area contributed by atoms with Crippen molar-refractivity contribution in [3.63, 3.8) is 0 Å². The molecule has 0 fully saturated rings. The third-order valence-corrected chi connectivity index (χ3v) is 3.57. The predicted molar refractivity (Wildman–Crippen MR) is 82.1 cm³/mol. The second-order valence-corrected chi connectivity index (χ2v) is 5.01. The zero-order chi connectivity index (χ0) is 15.9. The van der Waals surface area contributed by atoms with Gasteiger partial charge in [-0.2, -0.15) is 0 Å². The standard InChI is InChI=1S/C17H14FNO3/c1-9-7-12-14(8-13(9)19)22-16(15(12)17(20)21-2)10-3-5-11(18)6-4-10/h3-8H,19H2,1-2H3. The van der Waals surface area contributed by atoms with E-state index in [-0.39, 0.29) is 5.82 Å². The molecular weight excluding hydrogens is 285 g/mol. The predicted octanol–water partition coefficient (Wildman–Crippen LogP) is 3.92. The van der Waals surface area contributed by atoms with Gasteiger partial charge in [0.15, 0.2) is 0 Å². The normalized spacial score (nSPS) is 10.9. The van der Waals surface area contributed by atoms with Gasteiger partial charge in [-0.25, -0.2) is 9.18 Å². The maximum atomic E-state index is 13.1. The second kappa shape index (κ2) is 5.18. The fourth-order valence-corrected chi connectivity index (χ4v) is 2.38. The summed E-state index contributed by atoms with van der Waals surface area (Å²) in [6.07, 6.45) is 0. The number of fused-ring (bicyclic) bond motifs is 1. The summed E-state index contributed by atoms with van der Waals surface area (Å²) in [4.78, 5) is 12.2. The molecule has 0 amide bonds. The minimum Gasteiger partial charge on any atom is -0.465 e. The van der Waals surface area contributed by atoms with Crippen LogP contribution in [0.5, 0.6) is 0 Å². The van der Waals surface area contributed by atoms with E-state index in [0.717, 1.165) is 5.56 Å². The number of carbonyl (C=O) groups is 1. The van der Waals surface area contributed by atoms with E-state index in [2.05, 4.69) is 0 Å².